The standard InChI is InChI=1S/C59H105N2O16P/c1-3-5-7-9-11-13-15-17-19-21-23-25-27-29-31-33-54(65)72-46-50(75-55(66)34-32-30-28-26-24-22-20-18-16-14-12-10-8-6-4-2)47-74-78(70,71)73-44-43-61-53(64)40-39-52(63)60-42-41-48-35-37-49(38-36-48)76-59-58(69)57(68)56(67)51(45-62)77-59/h35-38,50-51,56-59,62,67-69H,3-34,39-47H2,1-2H3,(H,60,63)(H,61,64)(H,70,71)/p-1/t50?,51?,56-,57+,58?,59+/m1/s1. The van der Waals surface area contributed by atoms with E-state index in [0.29, 0.717) is 25.0 Å². The largest absolute Gasteiger partial charge is 0.756 e. The quantitative estimate of drug-likeness (QED) is 0.0201. The highest BCUT2D eigenvalue weighted by atomic mass is 31.2. The Morgan fingerprint density at radius 2 is 1.00 bits per heavy atom. The smallest absolute Gasteiger partial charge is 0.306 e. The van der Waals surface area contributed by atoms with Gasteiger partial charge in [0.25, 0.3) is 7.82 Å². The van der Waals surface area contributed by atoms with Gasteiger partial charge in [-0.15, -0.1) is 0 Å². The molecule has 452 valence electrons. The summed E-state index contributed by atoms with van der Waals surface area (Å²) in [6.07, 6.45) is 28.3. The Morgan fingerprint density at radius 1 is 0.564 bits per heavy atom. The molecule has 0 aromatic heterocycles. The summed E-state index contributed by atoms with van der Waals surface area (Å²) in [5, 5.41) is 44.8. The minimum Gasteiger partial charge on any atom is -0.756 e. The van der Waals surface area contributed by atoms with Crippen LogP contribution in [0.2, 0.25) is 0 Å². The van der Waals surface area contributed by atoms with Gasteiger partial charge in [-0.05, 0) is 37.0 Å². The summed E-state index contributed by atoms with van der Waals surface area (Å²) in [7, 11) is -4.93. The molecule has 6 N–H and O–H groups in total. The molecule has 7 atom stereocenters. The molecule has 19 heteroatoms. The van der Waals surface area contributed by atoms with Gasteiger partial charge < -0.3 is 63.9 Å². The molecule has 78 heavy (non-hydrogen) atoms. The minimum absolute atomic E-state index is 0.120. The Morgan fingerprint density at radius 3 is 1.46 bits per heavy atom. The van der Waals surface area contributed by atoms with Crippen LogP contribution in [0.25, 0.3) is 0 Å². The van der Waals surface area contributed by atoms with Crippen LogP contribution in [0.1, 0.15) is 238 Å². The van der Waals surface area contributed by atoms with Crippen molar-refractivity contribution in [2.24, 2.45) is 0 Å². The Kier molecular flexibility index (Phi) is 42.2. The first kappa shape index (κ1) is 70.9. The lowest BCUT2D eigenvalue weighted by Gasteiger charge is -2.39. The number of ether oxygens (including phenoxy) is 4. The summed E-state index contributed by atoms with van der Waals surface area (Å²) in [6.45, 7) is 2.53. The molecule has 0 bridgehead atoms. The van der Waals surface area contributed by atoms with Crippen molar-refractivity contribution in [3.63, 3.8) is 0 Å². The number of carbonyl (C=O) groups is 4. The number of carbonyl (C=O) groups excluding carboxylic acids is 4. The molecule has 1 fully saturated rings. The lowest BCUT2D eigenvalue weighted by Crippen LogP contribution is -2.60. The number of rotatable bonds is 51. The zero-order valence-electron chi connectivity index (χ0n) is 47.9. The molecule has 2 amide bonds. The predicted molar refractivity (Wildman–Crippen MR) is 299 cm³/mol. The number of hydrogen-bond acceptors (Lipinski definition) is 16. The lowest BCUT2D eigenvalue weighted by molar-refractivity contribution is -0.277. The van der Waals surface area contributed by atoms with E-state index in [1.54, 1.807) is 24.3 Å². The summed E-state index contributed by atoms with van der Waals surface area (Å²) in [5.74, 6) is -1.57. The summed E-state index contributed by atoms with van der Waals surface area (Å²) in [6, 6.07) is 6.65. The summed E-state index contributed by atoms with van der Waals surface area (Å²) in [5.41, 5.74) is 0.833. The molecule has 1 heterocycles. The molecule has 0 aliphatic carbocycles. The van der Waals surface area contributed by atoms with E-state index >= 15 is 0 Å². The molecule has 4 unspecified atom stereocenters. The second kappa shape index (κ2) is 46.4. The molecular weight excluding hydrogens is 1020 g/mol. The number of phosphoric acid groups is 1. The van der Waals surface area contributed by atoms with Crippen molar-refractivity contribution in [1.82, 2.24) is 10.6 Å². The Labute approximate surface area is 468 Å². The summed E-state index contributed by atoms with van der Waals surface area (Å²) in [4.78, 5) is 63.1. The number of hydrogen-bond donors (Lipinski definition) is 6. The van der Waals surface area contributed by atoms with Crippen molar-refractivity contribution < 1.29 is 77.1 Å². The van der Waals surface area contributed by atoms with Crippen LogP contribution in [0.3, 0.4) is 0 Å². The van der Waals surface area contributed by atoms with E-state index < -0.39 is 82.3 Å². The highest BCUT2D eigenvalue weighted by Crippen LogP contribution is 2.38. The molecule has 0 radical (unpaired) electrons. The van der Waals surface area contributed by atoms with E-state index in [9.17, 15) is 49.1 Å². The number of benzene rings is 1. The van der Waals surface area contributed by atoms with Crippen LogP contribution in [0.4, 0.5) is 0 Å². The first-order valence-electron chi connectivity index (χ1n) is 30.3. The maximum absolute atomic E-state index is 12.9. The Balaban J connectivity index is 1.68. The second-order valence-corrected chi connectivity index (χ2v) is 22.6. The number of nitrogens with one attached hydrogen (secondary N) is 2. The van der Waals surface area contributed by atoms with Crippen LogP contribution in [-0.4, -0.2) is 121 Å². The molecule has 1 aliphatic rings. The number of phosphoric ester groups is 1. The molecule has 0 spiro atoms. The molecule has 2 rings (SSSR count). The molecule has 1 saturated heterocycles. The number of aliphatic hydroxyl groups is 4. The first-order chi connectivity index (χ1) is 37.8. The minimum atomic E-state index is -4.93. The fourth-order valence-electron chi connectivity index (χ4n) is 9.24. The van der Waals surface area contributed by atoms with Gasteiger partial charge in [0.05, 0.1) is 19.8 Å². The van der Waals surface area contributed by atoms with Crippen LogP contribution < -0.4 is 20.3 Å². The number of esters is 2. The molecule has 1 aromatic rings. The van der Waals surface area contributed by atoms with Gasteiger partial charge in [-0.1, -0.05) is 206 Å². The normalized spacial score (nSPS) is 18.5. The average Bonchev–Trinajstić information content (AvgIpc) is 3.44. The van der Waals surface area contributed by atoms with Crippen LogP contribution in [0, 0.1) is 0 Å². The van der Waals surface area contributed by atoms with Crippen LogP contribution in [-0.2, 0) is 53.4 Å². The van der Waals surface area contributed by atoms with Gasteiger partial charge in [-0.2, -0.15) is 0 Å². The highest BCUT2D eigenvalue weighted by molar-refractivity contribution is 7.45. The third kappa shape index (κ3) is 36.9. The van der Waals surface area contributed by atoms with Crippen molar-refractivity contribution in [3.8, 4) is 5.75 Å². The van der Waals surface area contributed by atoms with E-state index in [2.05, 4.69) is 24.5 Å². The average molecular weight is 1130 g/mol. The number of amides is 2. The third-order valence-corrected chi connectivity index (χ3v) is 15.1. The van der Waals surface area contributed by atoms with Crippen LogP contribution in [0.5, 0.6) is 5.75 Å². The van der Waals surface area contributed by atoms with Gasteiger partial charge in [-0.25, -0.2) is 0 Å². The van der Waals surface area contributed by atoms with Gasteiger partial charge in [0.2, 0.25) is 18.1 Å². The molecule has 1 aliphatic heterocycles. The van der Waals surface area contributed by atoms with Crippen molar-refractivity contribution in [1.29, 1.82) is 0 Å². The summed E-state index contributed by atoms with van der Waals surface area (Å²) >= 11 is 0. The maximum Gasteiger partial charge on any atom is 0.306 e. The van der Waals surface area contributed by atoms with Crippen LogP contribution in [0.15, 0.2) is 24.3 Å². The van der Waals surface area contributed by atoms with E-state index in [1.165, 1.54) is 141 Å². The van der Waals surface area contributed by atoms with Crippen molar-refractivity contribution in [2.75, 3.05) is 39.5 Å². The van der Waals surface area contributed by atoms with Crippen molar-refractivity contribution >= 4 is 31.6 Å². The topological polar surface area (TPSA) is 269 Å². The van der Waals surface area contributed by atoms with Crippen molar-refractivity contribution in [3.05, 3.63) is 29.8 Å². The van der Waals surface area contributed by atoms with Gasteiger partial charge in [0, 0.05) is 38.8 Å². The van der Waals surface area contributed by atoms with E-state index in [0.717, 1.165) is 44.1 Å². The van der Waals surface area contributed by atoms with E-state index in [1.807, 2.05) is 0 Å². The van der Waals surface area contributed by atoms with Gasteiger partial charge in [-0.3, -0.25) is 23.7 Å². The lowest BCUT2D eigenvalue weighted by atomic mass is 9.99. The zero-order chi connectivity index (χ0) is 56.9. The number of aliphatic hydroxyl groups excluding tert-OH is 4. The Hall–Kier alpha value is -3.19. The second-order valence-electron chi connectivity index (χ2n) is 21.2. The van der Waals surface area contributed by atoms with E-state index in [4.69, 9.17) is 28.0 Å². The zero-order valence-corrected chi connectivity index (χ0v) is 48.8. The van der Waals surface area contributed by atoms with E-state index in [-0.39, 0.29) is 51.3 Å². The van der Waals surface area contributed by atoms with Gasteiger partial charge in [0.1, 0.15) is 36.8 Å². The SMILES string of the molecule is CCCCCCCCCCCCCCCCCC(=O)OCC(COP(=O)([O-])OCCNC(=O)CCC(=O)NCCc1ccc(O[C@H]2OC(CO)[C@@H](O)[C@H](O)C2O)cc1)OC(=O)CCCCCCCCCCCCCCCCC. The van der Waals surface area contributed by atoms with Crippen LogP contribution >= 0.6 is 7.82 Å². The highest BCUT2D eigenvalue weighted by Gasteiger charge is 2.44. The maximum atomic E-state index is 12.9. The molecule has 1 aromatic carbocycles. The molecule has 18 nitrogen and oxygen atoms in total. The fraction of sp³-hybridized carbons (Fsp3) is 0.831. The Bertz CT molecular complexity index is 1720. The predicted octanol–water partition coefficient (Wildman–Crippen LogP) is 9.90. The molecule has 0 saturated carbocycles. The van der Waals surface area contributed by atoms with Gasteiger partial charge >= 0.3 is 11.9 Å². The number of unbranched alkanes of at least 4 members (excludes halogenated alkanes) is 28. The first-order valence-corrected chi connectivity index (χ1v) is 31.8. The third-order valence-electron chi connectivity index (χ3n) is 14.1. The molecular formula is C59H104N2O16P-. The van der Waals surface area contributed by atoms with Crippen molar-refractivity contribution in [2.45, 2.75) is 275 Å². The fourth-order valence-corrected chi connectivity index (χ4v) is 9.98. The monoisotopic (exact) mass is 1130 g/mol. The van der Waals surface area contributed by atoms with Gasteiger partial charge in [0.15, 0.2) is 6.10 Å². The summed E-state index contributed by atoms with van der Waals surface area (Å²) < 4.78 is 44.6.